The number of para-hydroxylation sites is 2. The number of ketones is 1. The fourth-order valence-electron chi connectivity index (χ4n) is 5.54. The average Bonchev–Trinajstić information content (AvgIpc) is 2.89. The van der Waals surface area contributed by atoms with E-state index in [9.17, 15) is 24.6 Å². The molecule has 39 heavy (non-hydrogen) atoms. The molecule has 4 atom stereocenters. The Morgan fingerprint density at radius 2 is 1.46 bits per heavy atom. The summed E-state index contributed by atoms with van der Waals surface area (Å²) >= 11 is 3.32. The Morgan fingerprint density at radius 3 is 2.00 bits per heavy atom. The maximum absolute atomic E-state index is 13.9. The van der Waals surface area contributed by atoms with Gasteiger partial charge in [0.25, 0.3) is 0 Å². The number of carbonyl (C=O) groups is 3. The SMILES string of the molecule is CCc1ccccc1NC(=O)C1C(=O)CC(C)(O)C(C(=O)Nc2ccccc2CC)C1c1ccc(O)c(Br)c1. The van der Waals surface area contributed by atoms with Crippen molar-refractivity contribution in [1.82, 2.24) is 0 Å². The van der Waals surface area contributed by atoms with Crippen LogP contribution in [0.4, 0.5) is 11.4 Å². The molecule has 1 fully saturated rings. The van der Waals surface area contributed by atoms with Crippen LogP contribution in [0, 0.1) is 11.8 Å². The summed E-state index contributed by atoms with van der Waals surface area (Å²) < 4.78 is 0.351. The molecule has 0 saturated heterocycles. The number of nitrogens with one attached hydrogen (secondary N) is 2. The van der Waals surface area contributed by atoms with Crippen molar-refractivity contribution in [3.63, 3.8) is 0 Å². The molecule has 8 heteroatoms. The van der Waals surface area contributed by atoms with Gasteiger partial charge >= 0.3 is 0 Å². The lowest BCUT2D eigenvalue weighted by Crippen LogP contribution is -2.56. The minimum atomic E-state index is -1.73. The van der Waals surface area contributed by atoms with Crippen molar-refractivity contribution >= 4 is 44.9 Å². The number of aliphatic hydroxyl groups is 1. The number of carbonyl (C=O) groups excluding carboxylic acids is 3. The van der Waals surface area contributed by atoms with Crippen molar-refractivity contribution in [3.8, 4) is 5.75 Å². The van der Waals surface area contributed by atoms with Gasteiger partial charge < -0.3 is 20.8 Å². The summed E-state index contributed by atoms with van der Waals surface area (Å²) in [6.45, 7) is 5.41. The van der Waals surface area contributed by atoms with Gasteiger partial charge in [0.05, 0.1) is 16.0 Å². The molecule has 204 valence electrons. The Hall–Kier alpha value is -3.49. The first-order valence-electron chi connectivity index (χ1n) is 13.1. The predicted molar refractivity (Wildman–Crippen MR) is 155 cm³/mol. The number of hydrogen-bond donors (Lipinski definition) is 4. The number of phenolic OH excluding ortho intramolecular Hbond substituents is 1. The monoisotopic (exact) mass is 592 g/mol. The Balaban J connectivity index is 1.81. The maximum Gasteiger partial charge on any atom is 0.235 e. The van der Waals surface area contributed by atoms with Crippen molar-refractivity contribution in [1.29, 1.82) is 0 Å². The van der Waals surface area contributed by atoms with Gasteiger partial charge in [-0.05, 0) is 76.7 Å². The number of rotatable bonds is 7. The van der Waals surface area contributed by atoms with Crippen molar-refractivity contribution in [2.24, 2.45) is 11.8 Å². The molecule has 7 nitrogen and oxygen atoms in total. The number of benzene rings is 3. The third-order valence-electron chi connectivity index (χ3n) is 7.50. The molecule has 0 aliphatic heterocycles. The van der Waals surface area contributed by atoms with E-state index < -0.39 is 41.0 Å². The average molecular weight is 594 g/mol. The van der Waals surface area contributed by atoms with Crippen LogP contribution in [0.5, 0.6) is 5.75 Å². The van der Waals surface area contributed by atoms with Gasteiger partial charge in [-0.2, -0.15) is 0 Å². The normalized spacial score (nSPS) is 22.8. The summed E-state index contributed by atoms with van der Waals surface area (Å²) in [4.78, 5) is 41.3. The van der Waals surface area contributed by atoms with E-state index in [1.54, 1.807) is 30.3 Å². The lowest BCUT2D eigenvalue weighted by Gasteiger charge is -2.44. The lowest BCUT2D eigenvalue weighted by atomic mass is 9.61. The van der Waals surface area contributed by atoms with E-state index in [2.05, 4.69) is 26.6 Å². The highest BCUT2D eigenvalue weighted by atomic mass is 79.9. The highest BCUT2D eigenvalue weighted by molar-refractivity contribution is 9.10. The highest BCUT2D eigenvalue weighted by Crippen LogP contribution is 2.47. The second kappa shape index (κ2) is 11.7. The number of phenols is 1. The van der Waals surface area contributed by atoms with Crippen LogP contribution in [-0.4, -0.2) is 33.4 Å². The van der Waals surface area contributed by atoms with Crippen LogP contribution in [0.3, 0.4) is 0 Å². The van der Waals surface area contributed by atoms with Crippen LogP contribution >= 0.6 is 15.9 Å². The van der Waals surface area contributed by atoms with Crippen molar-refractivity contribution in [3.05, 3.63) is 87.9 Å². The van der Waals surface area contributed by atoms with Crippen molar-refractivity contribution < 1.29 is 24.6 Å². The second-order valence-electron chi connectivity index (χ2n) is 10.2. The summed E-state index contributed by atoms with van der Waals surface area (Å²) in [6.07, 6.45) is 1.01. The first-order valence-corrected chi connectivity index (χ1v) is 13.9. The second-order valence-corrected chi connectivity index (χ2v) is 11.0. The first-order chi connectivity index (χ1) is 18.6. The van der Waals surface area contributed by atoms with Gasteiger partial charge in [-0.25, -0.2) is 0 Å². The molecule has 0 bridgehead atoms. The Kier molecular flexibility index (Phi) is 8.57. The van der Waals surface area contributed by atoms with Crippen LogP contribution in [0.2, 0.25) is 0 Å². The number of amides is 2. The van der Waals surface area contributed by atoms with Crippen molar-refractivity contribution in [2.45, 2.75) is 51.6 Å². The summed E-state index contributed by atoms with van der Waals surface area (Å²) in [7, 11) is 0. The molecule has 4 unspecified atom stereocenters. The molecule has 1 aliphatic carbocycles. The van der Waals surface area contributed by atoms with E-state index in [0.29, 0.717) is 34.3 Å². The van der Waals surface area contributed by atoms with E-state index in [4.69, 9.17) is 0 Å². The third-order valence-corrected chi connectivity index (χ3v) is 8.14. The van der Waals surface area contributed by atoms with Gasteiger partial charge in [0.2, 0.25) is 11.8 Å². The molecule has 1 aliphatic rings. The van der Waals surface area contributed by atoms with E-state index in [0.717, 1.165) is 11.1 Å². The van der Waals surface area contributed by atoms with E-state index in [-0.39, 0.29) is 12.2 Å². The number of hydrogen-bond acceptors (Lipinski definition) is 5. The van der Waals surface area contributed by atoms with Crippen LogP contribution in [0.1, 0.15) is 49.8 Å². The quantitative estimate of drug-likeness (QED) is 0.267. The molecule has 0 heterocycles. The van der Waals surface area contributed by atoms with Gasteiger partial charge in [0.1, 0.15) is 17.5 Å². The number of aryl methyl sites for hydroxylation is 2. The summed E-state index contributed by atoms with van der Waals surface area (Å²) in [5, 5.41) is 27.5. The Bertz CT molecular complexity index is 1400. The molecule has 4 N–H and O–H groups in total. The zero-order valence-electron chi connectivity index (χ0n) is 22.2. The van der Waals surface area contributed by atoms with E-state index in [1.807, 2.05) is 44.2 Å². The summed E-state index contributed by atoms with van der Waals surface area (Å²) in [5.74, 6) is -4.91. The predicted octanol–water partition coefficient (Wildman–Crippen LogP) is 5.60. The fraction of sp³-hybridized carbons (Fsp3) is 0.323. The summed E-state index contributed by atoms with van der Waals surface area (Å²) in [6, 6.07) is 19.4. The molecule has 3 aromatic carbocycles. The van der Waals surface area contributed by atoms with Crippen LogP contribution in [-0.2, 0) is 27.2 Å². The van der Waals surface area contributed by atoms with Gasteiger partial charge in [-0.1, -0.05) is 56.3 Å². The van der Waals surface area contributed by atoms with Gasteiger partial charge in [0, 0.05) is 23.7 Å². The number of Topliss-reactive ketones (excluding diaryl/α,β-unsaturated/α-hetero) is 1. The van der Waals surface area contributed by atoms with E-state index in [1.165, 1.54) is 13.0 Å². The number of anilines is 2. The number of halogens is 1. The first kappa shape index (κ1) is 28.5. The molecule has 1 saturated carbocycles. The molecule has 2 amide bonds. The van der Waals surface area contributed by atoms with Crippen LogP contribution in [0.25, 0.3) is 0 Å². The largest absolute Gasteiger partial charge is 0.507 e. The van der Waals surface area contributed by atoms with Crippen LogP contribution in [0.15, 0.2) is 71.2 Å². The minimum absolute atomic E-state index is 0.0246. The maximum atomic E-state index is 13.9. The molecular weight excluding hydrogens is 560 g/mol. The van der Waals surface area contributed by atoms with Crippen molar-refractivity contribution in [2.75, 3.05) is 10.6 Å². The molecule has 0 radical (unpaired) electrons. The topological polar surface area (TPSA) is 116 Å². The minimum Gasteiger partial charge on any atom is -0.507 e. The highest BCUT2D eigenvalue weighted by Gasteiger charge is 2.56. The third kappa shape index (κ3) is 5.92. The molecule has 4 rings (SSSR count). The van der Waals surface area contributed by atoms with Crippen LogP contribution < -0.4 is 10.6 Å². The Labute approximate surface area is 236 Å². The molecule has 3 aromatic rings. The standard InChI is InChI=1S/C31H33BrN2O5/c1-4-18-10-6-8-12-22(18)33-29(37)27-25(36)17-31(3,39)28(26(27)20-14-15-24(35)21(32)16-20)30(38)34-23-13-9-7-11-19(23)5-2/h6-16,26-28,35,39H,4-5,17H2,1-3H3,(H,33,37)(H,34,38). The fourth-order valence-corrected chi connectivity index (χ4v) is 5.94. The lowest BCUT2D eigenvalue weighted by molar-refractivity contribution is -0.150. The Morgan fingerprint density at radius 1 is 0.923 bits per heavy atom. The van der Waals surface area contributed by atoms with Gasteiger partial charge in [-0.3, -0.25) is 14.4 Å². The van der Waals surface area contributed by atoms with E-state index >= 15 is 0 Å². The smallest absolute Gasteiger partial charge is 0.235 e. The van der Waals surface area contributed by atoms with Gasteiger partial charge in [0.15, 0.2) is 0 Å². The molecule has 0 aromatic heterocycles. The zero-order chi connectivity index (χ0) is 28.3. The number of aromatic hydroxyl groups is 1. The molecule has 0 spiro atoms. The van der Waals surface area contributed by atoms with Gasteiger partial charge in [-0.15, -0.1) is 0 Å². The summed E-state index contributed by atoms with van der Waals surface area (Å²) in [5.41, 5.74) is 1.79. The molecular formula is C31H33BrN2O5. The zero-order valence-corrected chi connectivity index (χ0v) is 23.8.